The molecule has 23 heavy (non-hydrogen) atoms. The Labute approximate surface area is 137 Å². The Balaban J connectivity index is 1.68. The van der Waals surface area contributed by atoms with Gasteiger partial charge in [-0.25, -0.2) is 0 Å². The van der Waals surface area contributed by atoms with E-state index < -0.39 is 5.54 Å². The monoisotopic (exact) mass is 312 g/mol. The number of imide groups is 1. The van der Waals surface area contributed by atoms with Crippen LogP contribution in [0, 0.1) is 0 Å². The normalized spacial score (nSPS) is 27.5. The van der Waals surface area contributed by atoms with Crippen molar-refractivity contribution in [3.8, 4) is 0 Å². The highest BCUT2D eigenvalue weighted by molar-refractivity contribution is 6.05. The van der Waals surface area contributed by atoms with Crippen molar-refractivity contribution in [2.75, 3.05) is 6.54 Å². The van der Waals surface area contributed by atoms with Gasteiger partial charge in [0.2, 0.25) is 11.8 Å². The number of carbonyl (C=O) groups is 2. The standard InChI is InChI=1S/C19H24N2O2/c22-17-16-10-7-13-21(16)19(11-5-2-6-12-19)18(23)20(17)14-15-8-3-1-4-9-15/h1,3-4,8-9,16H,2,5-7,10-14H2/t16-/m0/s1. The second-order valence-corrected chi connectivity index (χ2v) is 7.16. The van der Waals surface area contributed by atoms with Crippen LogP contribution in [0.15, 0.2) is 30.3 Å². The first-order chi connectivity index (χ1) is 11.2. The molecule has 2 aliphatic heterocycles. The summed E-state index contributed by atoms with van der Waals surface area (Å²) in [4.78, 5) is 30.1. The number of hydrogen-bond acceptors (Lipinski definition) is 3. The van der Waals surface area contributed by atoms with Crippen LogP contribution in [-0.4, -0.2) is 39.7 Å². The van der Waals surface area contributed by atoms with Gasteiger partial charge in [-0.15, -0.1) is 0 Å². The Bertz CT molecular complexity index is 607. The molecule has 122 valence electrons. The largest absolute Gasteiger partial charge is 0.278 e. The molecule has 2 amide bonds. The summed E-state index contributed by atoms with van der Waals surface area (Å²) in [6, 6.07) is 9.81. The Morgan fingerprint density at radius 3 is 2.48 bits per heavy atom. The van der Waals surface area contributed by atoms with Crippen molar-refractivity contribution in [3.63, 3.8) is 0 Å². The lowest BCUT2D eigenvalue weighted by Crippen LogP contribution is -2.70. The van der Waals surface area contributed by atoms with E-state index in [0.29, 0.717) is 6.54 Å². The lowest BCUT2D eigenvalue weighted by Gasteiger charge is -2.51. The minimum atomic E-state index is -0.401. The van der Waals surface area contributed by atoms with Gasteiger partial charge < -0.3 is 0 Å². The smallest absolute Gasteiger partial charge is 0.250 e. The molecule has 4 nitrogen and oxygen atoms in total. The van der Waals surface area contributed by atoms with Crippen molar-refractivity contribution in [3.05, 3.63) is 35.9 Å². The average Bonchev–Trinajstić information content (AvgIpc) is 3.10. The molecule has 1 spiro atoms. The van der Waals surface area contributed by atoms with Crippen molar-refractivity contribution < 1.29 is 9.59 Å². The van der Waals surface area contributed by atoms with Crippen molar-refractivity contribution in [1.29, 1.82) is 0 Å². The highest BCUT2D eigenvalue weighted by Crippen LogP contribution is 2.43. The van der Waals surface area contributed by atoms with Crippen LogP contribution in [0.2, 0.25) is 0 Å². The summed E-state index contributed by atoms with van der Waals surface area (Å²) in [5, 5.41) is 0. The van der Waals surface area contributed by atoms with Crippen LogP contribution >= 0.6 is 0 Å². The van der Waals surface area contributed by atoms with Gasteiger partial charge in [0.15, 0.2) is 0 Å². The quantitative estimate of drug-likeness (QED) is 0.788. The zero-order chi connectivity index (χ0) is 15.9. The Morgan fingerprint density at radius 2 is 1.74 bits per heavy atom. The van der Waals surface area contributed by atoms with Crippen LogP contribution < -0.4 is 0 Å². The maximum Gasteiger partial charge on any atom is 0.250 e. The van der Waals surface area contributed by atoms with E-state index >= 15 is 0 Å². The summed E-state index contributed by atoms with van der Waals surface area (Å²) < 4.78 is 0. The van der Waals surface area contributed by atoms with Crippen LogP contribution in [0.3, 0.4) is 0 Å². The van der Waals surface area contributed by atoms with Crippen LogP contribution in [-0.2, 0) is 16.1 Å². The van der Waals surface area contributed by atoms with E-state index in [-0.39, 0.29) is 17.9 Å². The SMILES string of the molecule is O=C1[C@@H]2CCCN2C2(CCCCC2)C(=O)N1Cc1ccccc1. The molecule has 1 saturated carbocycles. The fourth-order valence-electron chi connectivity index (χ4n) is 4.74. The summed E-state index contributed by atoms with van der Waals surface area (Å²) in [7, 11) is 0. The van der Waals surface area contributed by atoms with E-state index in [0.717, 1.165) is 50.6 Å². The molecule has 3 aliphatic rings. The van der Waals surface area contributed by atoms with Crippen molar-refractivity contribution >= 4 is 11.8 Å². The fraction of sp³-hybridized carbons (Fsp3) is 0.579. The topological polar surface area (TPSA) is 40.6 Å². The van der Waals surface area contributed by atoms with Gasteiger partial charge in [-0.05, 0) is 31.2 Å². The molecule has 4 rings (SSSR count). The lowest BCUT2D eigenvalue weighted by molar-refractivity contribution is -0.170. The Hall–Kier alpha value is -1.68. The molecule has 2 saturated heterocycles. The maximum atomic E-state index is 13.3. The number of piperazine rings is 1. The molecule has 0 bridgehead atoms. The van der Waals surface area contributed by atoms with Crippen molar-refractivity contribution in [2.24, 2.45) is 0 Å². The number of hydrogen-bond donors (Lipinski definition) is 0. The van der Waals surface area contributed by atoms with Crippen molar-refractivity contribution in [1.82, 2.24) is 9.80 Å². The van der Waals surface area contributed by atoms with Crippen LogP contribution in [0.5, 0.6) is 0 Å². The molecule has 0 N–H and O–H groups in total. The van der Waals surface area contributed by atoms with E-state index in [2.05, 4.69) is 4.90 Å². The molecule has 4 heteroatoms. The predicted molar refractivity (Wildman–Crippen MR) is 87.5 cm³/mol. The molecule has 0 aromatic heterocycles. The Kier molecular flexibility index (Phi) is 3.72. The number of nitrogens with zero attached hydrogens (tertiary/aromatic N) is 2. The first-order valence-corrected chi connectivity index (χ1v) is 8.89. The molecular formula is C19H24N2O2. The Morgan fingerprint density at radius 1 is 1.00 bits per heavy atom. The van der Waals surface area contributed by atoms with Gasteiger partial charge in [-0.3, -0.25) is 19.4 Å². The fourth-order valence-corrected chi connectivity index (χ4v) is 4.74. The summed E-state index contributed by atoms with van der Waals surface area (Å²) in [6.45, 7) is 1.33. The van der Waals surface area contributed by atoms with Gasteiger partial charge in [-0.1, -0.05) is 49.6 Å². The van der Waals surface area contributed by atoms with E-state index in [1.807, 2.05) is 30.3 Å². The predicted octanol–water partition coefficient (Wildman–Crippen LogP) is 2.72. The number of amides is 2. The zero-order valence-electron chi connectivity index (χ0n) is 13.5. The second kappa shape index (κ2) is 5.75. The van der Waals surface area contributed by atoms with Crippen LogP contribution in [0.1, 0.15) is 50.5 Å². The van der Waals surface area contributed by atoms with E-state index in [1.54, 1.807) is 4.90 Å². The third-order valence-corrected chi connectivity index (χ3v) is 5.86. The van der Waals surface area contributed by atoms with Gasteiger partial charge in [0, 0.05) is 6.54 Å². The minimum Gasteiger partial charge on any atom is -0.278 e. The third kappa shape index (κ3) is 2.31. The summed E-state index contributed by atoms with van der Waals surface area (Å²) in [5.74, 6) is 0.0803. The first kappa shape index (κ1) is 14.9. The summed E-state index contributed by atoms with van der Waals surface area (Å²) in [5.41, 5.74) is 0.633. The van der Waals surface area contributed by atoms with Gasteiger partial charge in [0.1, 0.15) is 5.54 Å². The third-order valence-electron chi connectivity index (χ3n) is 5.86. The van der Waals surface area contributed by atoms with E-state index in [1.165, 1.54) is 6.42 Å². The molecule has 1 aliphatic carbocycles. The summed E-state index contributed by atoms with van der Waals surface area (Å²) >= 11 is 0. The number of carbonyl (C=O) groups excluding carboxylic acids is 2. The van der Waals surface area contributed by atoms with E-state index in [9.17, 15) is 9.59 Å². The van der Waals surface area contributed by atoms with Gasteiger partial charge >= 0.3 is 0 Å². The molecule has 0 radical (unpaired) electrons. The number of fused-ring (bicyclic) bond motifs is 2. The molecular weight excluding hydrogens is 288 g/mol. The number of benzene rings is 1. The molecule has 2 heterocycles. The van der Waals surface area contributed by atoms with Crippen LogP contribution in [0.25, 0.3) is 0 Å². The molecule has 1 aromatic carbocycles. The molecule has 3 fully saturated rings. The van der Waals surface area contributed by atoms with Gasteiger partial charge in [0.25, 0.3) is 0 Å². The molecule has 0 unspecified atom stereocenters. The van der Waals surface area contributed by atoms with Crippen LogP contribution in [0.4, 0.5) is 0 Å². The highest BCUT2D eigenvalue weighted by atomic mass is 16.2. The van der Waals surface area contributed by atoms with Gasteiger partial charge in [-0.2, -0.15) is 0 Å². The van der Waals surface area contributed by atoms with Gasteiger partial charge in [0.05, 0.1) is 12.6 Å². The minimum absolute atomic E-state index is 0.0209. The molecule has 1 atom stereocenters. The zero-order valence-corrected chi connectivity index (χ0v) is 13.5. The average molecular weight is 312 g/mol. The maximum absolute atomic E-state index is 13.3. The number of rotatable bonds is 2. The highest BCUT2D eigenvalue weighted by Gasteiger charge is 2.57. The summed E-state index contributed by atoms with van der Waals surface area (Å²) in [6.07, 6.45) is 7.18. The first-order valence-electron chi connectivity index (χ1n) is 8.89. The molecule has 1 aromatic rings. The second-order valence-electron chi connectivity index (χ2n) is 7.16. The van der Waals surface area contributed by atoms with Crippen molar-refractivity contribution in [2.45, 2.75) is 63.1 Å². The van der Waals surface area contributed by atoms with E-state index in [4.69, 9.17) is 0 Å². The lowest BCUT2D eigenvalue weighted by atomic mass is 9.77.